The van der Waals surface area contributed by atoms with Gasteiger partial charge >= 0.3 is 5.97 Å². The molecule has 4 aromatic rings. The summed E-state index contributed by atoms with van der Waals surface area (Å²) in [6.45, 7) is 8.48. The van der Waals surface area contributed by atoms with E-state index in [2.05, 4.69) is 36.7 Å². The van der Waals surface area contributed by atoms with Crippen LogP contribution in [-0.2, 0) is 27.2 Å². The molecule has 2 atom stereocenters. The molecule has 0 fully saturated rings. The van der Waals surface area contributed by atoms with Gasteiger partial charge in [-0.25, -0.2) is 4.79 Å². The Morgan fingerprint density at radius 1 is 0.980 bits per heavy atom. The van der Waals surface area contributed by atoms with Crippen molar-refractivity contribution >= 4 is 86.8 Å². The second-order valence-corrected chi connectivity index (χ2v) is 16.6. The molecule has 51 heavy (non-hydrogen) atoms. The number of methoxy groups -OCH3 is 1. The lowest BCUT2D eigenvalue weighted by molar-refractivity contribution is -0.115. The average molecular weight is 765 g/mol. The minimum Gasteiger partial charge on any atom is -0.465 e. The van der Waals surface area contributed by atoms with Crippen LogP contribution in [0.5, 0.6) is 0 Å². The van der Waals surface area contributed by atoms with Gasteiger partial charge in [0.2, 0.25) is 5.91 Å². The first-order valence-electron chi connectivity index (χ1n) is 16.4. The molecule has 3 amide bonds. The number of thiophene rings is 1. The van der Waals surface area contributed by atoms with Gasteiger partial charge in [0, 0.05) is 31.1 Å². The van der Waals surface area contributed by atoms with Crippen LogP contribution in [-0.4, -0.2) is 36.1 Å². The van der Waals surface area contributed by atoms with Crippen LogP contribution < -0.4 is 16.0 Å². The lowest BCUT2D eigenvalue weighted by Crippen LogP contribution is -2.30. The van der Waals surface area contributed by atoms with E-state index in [0.29, 0.717) is 43.3 Å². The zero-order valence-corrected chi connectivity index (χ0v) is 32.0. The number of anilines is 2. The molecule has 0 saturated heterocycles. The third-order valence-electron chi connectivity index (χ3n) is 8.68. The lowest BCUT2D eigenvalue weighted by Gasteiger charge is -2.33. The molecule has 0 radical (unpaired) electrons. The van der Waals surface area contributed by atoms with E-state index in [-0.39, 0.29) is 17.0 Å². The van der Waals surface area contributed by atoms with Gasteiger partial charge in [-0.15, -0.1) is 23.1 Å². The number of hydrogen-bond acceptors (Lipinski definition) is 7. The van der Waals surface area contributed by atoms with Crippen LogP contribution in [0.1, 0.15) is 70.8 Å². The number of nitrogens with one attached hydrogen (secondary N) is 3. The Kier molecular flexibility index (Phi) is 12.3. The van der Waals surface area contributed by atoms with E-state index in [9.17, 15) is 19.2 Å². The second kappa shape index (κ2) is 16.5. The summed E-state index contributed by atoms with van der Waals surface area (Å²) in [7, 11) is 1.35. The van der Waals surface area contributed by atoms with E-state index in [0.717, 1.165) is 34.6 Å². The molecule has 0 aliphatic heterocycles. The minimum absolute atomic E-state index is 0.0345. The Labute approximate surface area is 316 Å². The highest BCUT2D eigenvalue weighted by Crippen LogP contribution is 2.44. The van der Waals surface area contributed by atoms with Crippen molar-refractivity contribution in [2.45, 2.75) is 57.1 Å². The third kappa shape index (κ3) is 9.62. The van der Waals surface area contributed by atoms with Crippen LogP contribution in [0.25, 0.3) is 6.08 Å². The van der Waals surface area contributed by atoms with Gasteiger partial charge in [0.05, 0.1) is 17.9 Å². The largest absolute Gasteiger partial charge is 0.465 e. The highest BCUT2D eigenvalue weighted by molar-refractivity contribution is 8.00. The molecule has 8 nitrogen and oxygen atoms in total. The van der Waals surface area contributed by atoms with Gasteiger partial charge in [0.1, 0.15) is 10.7 Å². The smallest absolute Gasteiger partial charge is 0.341 e. The molecule has 2 unspecified atom stereocenters. The third-order valence-corrected chi connectivity index (χ3v) is 11.5. The number of carbonyl (C=O) groups excluding carboxylic acids is 4. The van der Waals surface area contributed by atoms with Gasteiger partial charge in [-0.3, -0.25) is 14.4 Å². The van der Waals surface area contributed by atoms with Crippen molar-refractivity contribution in [3.05, 3.63) is 116 Å². The number of hydrogen-bond donors (Lipinski definition) is 3. The number of esters is 1. The Balaban J connectivity index is 1.31. The van der Waals surface area contributed by atoms with Gasteiger partial charge in [0.15, 0.2) is 0 Å². The monoisotopic (exact) mass is 763 g/mol. The van der Waals surface area contributed by atoms with E-state index in [1.54, 1.807) is 73.7 Å². The van der Waals surface area contributed by atoms with Crippen molar-refractivity contribution in [2.75, 3.05) is 17.7 Å². The van der Waals surface area contributed by atoms with Crippen molar-refractivity contribution in [1.82, 2.24) is 5.32 Å². The average Bonchev–Trinajstić information content (AvgIpc) is 3.45. The van der Waals surface area contributed by atoms with Gasteiger partial charge in [-0.2, -0.15) is 0 Å². The highest BCUT2D eigenvalue weighted by atomic mass is 35.5. The fraction of sp³-hybridized carbons (Fsp3) is 0.282. The molecule has 0 bridgehead atoms. The zero-order chi connectivity index (χ0) is 36.9. The molecule has 3 aromatic carbocycles. The van der Waals surface area contributed by atoms with Crippen molar-refractivity contribution < 1.29 is 23.9 Å². The highest BCUT2D eigenvalue weighted by Gasteiger charge is 2.34. The Hall–Kier alpha value is -4.09. The first-order valence-corrected chi connectivity index (χ1v) is 18.8. The molecule has 12 heteroatoms. The summed E-state index contributed by atoms with van der Waals surface area (Å²) in [6, 6.07) is 20.4. The van der Waals surface area contributed by atoms with Crippen molar-refractivity contribution in [2.24, 2.45) is 11.3 Å². The number of ether oxygens (including phenoxy) is 1. The minimum atomic E-state index is -0.580. The molecule has 1 heterocycles. The van der Waals surface area contributed by atoms with Gasteiger partial charge in [0.25, 0.3) is 11.8 Å². The molecule has 1 aliphatic carbocycles. The molecule has 1 aromatic heterocycles. The van der Waals surface area contributed by atoms with E-state index in [4.69, 9.17) is 27.9 Å². The Morgan fingerprint density at radius 2 is 1.73 bits per heavy atom. The van der Waals surface area contributed by atoms with E-state index < -0.39 is 23.0 Å². The fourth-order valence-corrected chi connectivity index (χ4v) is 8.47. The maximum Gasteiger partial charge on any atom is 0.341 e. The standard InChI is InChI=1S/C39H39Cl2N3O5S2/c1-22(34(45)44-37-33(38(48)49-5)29-17-15-25(39(2,3)4)19-32(29)51-37)50-28-13-9-12-27(21-28)42-36(47)31(18-24-14-16-26(40)20-30(24)41)43-35(46)23-10-7-6-8-11-23/h6-14,16,18,20-22,25H,15,17,19H2,1-5H3,(H,42,47)(H,43,46)(H,44,45)/b31-18+. The number of rotatable bonds is 10. The van der Waals surface area contributed by atoms with Crippen LogP contribution in [0, 0.1) is 11.3 Å². The number of fused-ring (bicyclic) bond motifs is 1. The predicted octanol–water partition coefficient (Wildman–Crippen LogP) is 9.52. The van der Waals surface area contributed by atoms with Crippen LogP contribution in [0.4, 0.5) is 10.7 Å². The summed E-state index contributed by atoms with van der Waals surface area (Å²) in [6.07, 6.45) is 4.06. The molecule has 3 N–H and O–H groups in total. The number of amides is 3. The predicted molar refractivity (Wildman–Crippen MR) is 208 cm³/mol. The Bertz CT molecular complexity index is 1990. The summed E-state index contributed by atoms with van der Waals surface area (Å²) < 4.78 is 5.12. The summed E-state index contributed by atoms with van der Waals surface area (Å²) in [5.41, 5.74) is 2.83. The van der Waals surface area contributed by atoms with Crippen LogP contribution in [0.2, 0.25) is 10.0 Å². The number of carbonyl (C=O) groups is 4. The van der Waals surface area contributed by atoms with Gasteiger partial charge < -0.3 is 20.7 Å². The number of halogens is 2. The summed E-state index contributed by atoms with van der Waals surface area (Å²) in [5.74, 6) is -1.29. The number of benzene rings is 3. The normalized spacial score (nSPS) is 15.0. The van der Waals surface area contributed by atoms with E-state index >= 15 is 0 Å². The second-order valence-electron chi connectivity index (χ2n) is 13.3. The van der Waals surface area contributed by atoms with Crippen LogP contribution in [0.3, 0.4) is 0 Å². The van der Waals surface area contributed by atoms with Gasteiger partial charge in [-0.05, 0) is 97.2 Å². The van der Waals surface area contributed by atoms with Crippen molar-refractivity contribution in [1.29, 1.82) is 0 Å². The fourth-order valence-electron chi connectivity index (χ4n) is 5.76. The lowest BCUT2D eigenvalue weighted by atomic mass is 9.72. The van der Waals surface area contributed by atoms with E-state index in [1.165, 1.54) is 36.3 Å². The van der Waals surface area contributed by atoms with Gasteiger partial charge in [-0.1, -0.05) is 74.3 Å². The van der Waals surface area contributed by atoms with Crippen LogP contribution >= 0.6 is 46.3 Å². The topological polar surface area (TPSA) is 114 Å². The molecule has 1 aliphatic rings. The summed E-state index contributed by atoms with van der Waals surface area (Å²) in [5, 5.41) is 9.26. The SMILES string of the molecule is COC(=O)c1c(NC(=O)C(C)Sc2cccc(NC(=O)/C(=C\c3ccc(Cl)cc3Cl)NC(=O)c3ccccc3)c2)sc2c1CCC(C(C)(C)C)C2. The maximum absolute atomic E-state index is 13.6. The maximum atomic E-state index is 13.6. The zero-order valence-electron chi connectivity index (χ0n) is 28.9. The van der Waals surface area contributed by atoms with Crippen molar-refractivity contribution in [3.63, 3.8) is 0 Å². The summed E-state index contributed by atoms with van der Waals surface area (Å²) in [4.78, 5) is 54.9. The van der Waals surface area contributed by atoms with E-state index in [1.807, 2.05) is 6.07 Å². The first-order chi connectivity index (χ1) is 24.2. The quantitative estimate of drug-likeness (QED) is 0.0843. The Morgan fingerprint density at radius 3 is 2.41 bits per heavy atom. The summed E-state index contributed by atoms with van der Waals surface area (Å²) >= 11 is 15.2. The molecule has 5 rings (SSSR count). The first kappa shape index (κ1) is 38.1. The molecule has 266 valence electrons. The number of thioether (sulfide) groups is 1. The molecule has 0 spiro atoms. The molecule has 0 saturated carbocycles. The van der Waals surface area contributed by atoms with Crippen molar-refractivity contribution in [3.8, 4) is 0 Å². The molecular formula is C39H39Cl2N3O5S2. The molecular weight excluding hydrogens is 725 g/mol. The van der Waals surface area contributed by atoms with Crippen LogP contribution in [0.15, 0.2) is 83.4 Å².